The lowest BCUT2D eigenvalue weighted by atomic mass is 10.1. The number of hydrogen-bond acceptors (Lipinski definition) is 4. The summed E-state index contributed by atoms with van der Waals surface area (Å²) in [5.41, 5.74) is 7.20. The van der Waals surface area contributed by atoms with E-state index in [1.165, 1.54) is 0 Å². The Morgan fingerprint density at radius 1 is 1.43 bits per heavy atom. The summed E-state index contributed by atoms with van der Waals surface area (Å²) in [4.78, 5) is 16.7. The van der Waals surface area contributed by atoms with Gasteiger partial charge in [-0.15, -0.1) is 0 Å². The second kappa shape index (κ2) is 5.27. The van der Waals surface area contributed by atoms with Crippen LogP contribution >= 0.6 is 0 Å². The summed E-state index contributed by atoms with van der Waals surface area (Å²) in [6, 6.07) is 5.02. The van der Waals surface area contributed by atoms with Crippen LogP contribution in [-0.4, -0.2) is 28.1 Å². The van der Waals surface area contributed by atoms with Gasteiger partial charge in [0.05, 0.1) is 18.1 Å². The number of benzene rings is 1. The van der Waals surface area contributed by atoms with Crippen molar-refractivity contribution in [3.63, 3.8) is 0 Å². The first-order valence-corrected chi connectivity index (χ1v) is 6.86. The maximum atomic E-state index is 12.4. The molecule has 1 aromatic carbocycles. The predicted molar refractivity (Wildman–Crippen MR) is 83.3 cm³/mol. The van der Waals surface area contributed by atoms with Gasteiger partial charge in [-0.1, -0.05) is 0 Å². The third kappa shape index (κ3) is 3.09. The molecule has 0 saturated heterocycles. The summed E-state index contributed by atoms with van der Waals surface area (Å²) < 4.78 is 6.95. The number of anilines is 1. The smallest absolute Gasteiger partial charge is 0.243 e. The van der Waals surface area contributed by atoms with Crippen LogP contribution in [0.5, 0.6) is 5.75 Å². The number of nitrogens with one attached hydrogen (secondary N) is 1. The Bertz CT molecular complexity index is 670. The van der Waals surface area contributed by atoms with Gasteiger partial charge in [0.15, 0.2) is 0 Å². The fraction of sp³-hybridized carbons (Fsp3) is 0.467. The highest BCUT2D eigenvalue weighted by atomic mass is 16.5. The highest BCUT2D eigenvalue weighted by Gasteiger charge is 2.24. The van der Waals surface area contributed by atoms with Gasteiger partial charge in [-0.05, 0) is 39.8 Å². The van der Waals surface area contributed by atoms with Crippen molar-refractivity contribution in [1.29, 1.82) is 0 Å². The van der Waals surface area contributed by atoms with Crippen molar-refractivity contribution in [3.05, 3.63) is 18.2 Å². The first kappa shape index (κ1) is 15.2. The van der Waals surface area contributed by atoms with Crippen LogP contribution in [0.25, 0.3) is 11.0 Å². The molecule has 21 heavy (non-hydrogen) atoms. The van der Waals surface area contributed by atoms with Crippen molar-refractivity contribution in [2.24, 2.45) is 0 Å². The molecule has 1 atom stereocenters. The minimum atomic E-state index is -0.457. The van der Waals surface area contributed by atoms with Crippen molar-refractivity contribution in [1.82, 2.24) is 14.9 Å². The van der Waals surface area contributed by atoms with Crippen molar-refractivity contribution >= 4 is 22.9 Å². The molecule has 2 rings (SSSR count). The Labute approximate surface area is 124 Å². The van der Waals surface area contributed by atoms with Gasteiger partial charge >= 0.3 is 0 Å². The Hall–Kier alpha value is -2.24. The van der Waals surface area contributed by atoms with E-state index in [4.69, 9.17) is 10.5 Å². The highest BCUT2D eigenvalue weighted by molar-refractivity contribution is 5.86. The largest absolute Gasteiger partial charge is 0.497 e. The number of nitrogens with zero attached hydrogens (tertiary/aromatic N) is 2. The van der Waals surface area contributed by atoms with E-state index in [2.05, 4.69) is 10.3 Å². The molecule has 0 fully saturated rings. The molecule has 6 heteroatoms. The van der Waals surface area contributed by atoms with Gasteiger partial charge < -0.3 is 15.8 Å². The van der Waals surface area contributed by atoms with Crippen LogP contribution in [0.1, 0.15) is 33.7 Å². The number of imidazole rings is 1. The molecule has 0 aliphatic rings. The summed E-state index contributed by atoms with van der Waals surface area (Å²) in [5.74, 6) is 0.915. The predicted octanol–water partition coefficient (Wildman–Crippen LogP) is 2.10. The van der Waals surface area contributed by atoms with Crippen LogP contribution < -0.4 is 15.8 Å². The van der Waals surface area contributed by atoms with Crippen molar-refractivity contribution in [3.8, 4) is 5.75 Å². The molecule has 0 spiro atoms. The summed E-state index contributed by atoms with van der Waals surface area (Å²) in [6.45, 7) is 7.63. The van der Waals surface area contributed by atoms with Crippen molar-refractivity contribution in [2.45, 2.75) is 39.3 Å². The third-order valence-corrected chi connectivity index (χ3v) is 3.19. The van der Waals surface area contributed by atoms with Crippen LogP contribution in [0.2, 0.25) is 0 Å². The van der Waals surface area contributed by atoms with Gasteiger partial charge in [0, 0.05) is 11.6 Å². The molecule has 6 nitrogen and oxygen atoms in total. The molecule has 1 heterocycles. The molecule has 0 radical (unpaired) electrons. The maximum absolute atomic E-state index is 12.4. The summed E-state index contributed by atoms with van der Waals surface area (Å²) >= 11 is 0. The Balaban J connectivity index is 2.45. The minimum absolute atomic E-state index is 0.101. The molecular formula is C15H22N4O2. The number of hydrogen-bond donors (Lipinski definition) is 2. The number of carbonyl (C=O) groups excluding carboxylic acids is 1. The van der Waals surface area contributed by atoms with E-state index in [1.54, 1.807) is 18.6 Å². The molecule has 1 amide bonds. The average molecular weight is 290 g/mol. The van der Waals surface area contributed by atoms with E-state index >= 15 is 0 Å². The van der Waals surface area contributed by atoms with Crippen LogP contribution in [0.4, 0.5) is 5.95 Å². The second-order valence-corrected chi connectivity index (χ2v) is 6.11. The topological polar surface area (TPSA) is 82.2 Å². The molecule has 2 aromatic rings. The van der Waals surface area contributed by atoms with E-state index in [1.807, 2.05) is 39.0 Å². The fourth-order valence-electron chi connectivity index (χ4n) is 2.22. The van der Waals surface area contributed by atoms with Gasteiger partial charge in [0.1, 0.15) is 11.8 Å². The van der Waals surface area contributed by atoms with Crippen LogP contribution in [0, 0.1) is 0 Å². The molecule has 0 saturated carbocycles. The zero-order valence-corrected chi connectivity index (χ0v) is 13.1. The van der Waals surface area contributed by atoms with Gasteiger partial charge in [0.2, 0.25) is 11.9 Å². The number of nitrogen functional groups attached to an aromatic ring is 1. The number of aromatic nitrogens is 2. The number of nitrogens with two attached hydrogens (primary N) is 1. The molecule has 1 unspecified atom stereocenters. The molecule has 0 aliphatic heterocycles. The lowest BCUT2D eigenvalue weighted by molar-refractivity contribution is -0.125. The number of amides is 1. The standard InChI is InChI=1S/C15H22N4O2/c1-9(13(20)18-15(2,3)4)19-12-8-10(21-5)6-7-11(12)17-14(19)16/h6-9H,1-5H3,(H2,16,17)(H,18,20). The lowest BCUT2D eigenvalue weighted by Crippen LogP contribution is -2.43. The highest BCUT2D eigenvalue weighted by Crippen LogP contribution is 2.26. The SMILES string of the molecule is COc1ccc2nc(N)n(C(C)C(=O)NC(C)(C)C)c2c1. The fourth-order valence-corrected chi connectivity index (χ4v) is 2.22. The summed E-state index contributed by atoms with van der Waals surface area (Å²) in [5, 5.41) is 2.95. The molecule has 0 bridgehead atoms. The van der Waals surface area contributed by atoms with Crippen LogP contribution in [-0.2, 0) is 4.79 Å². The van der Waals surface area contributed by atoms with E-state index in [9.17, 15) is 4.79 Å². The van der Waals surface area contributed by atoms with Gasteiger partial charge in [-0.25, -0.2) is 4.98 Å². The van der Waals surface area contributed by atoms with Crippen molar-refractivity contribution in [2.75, 3.05) is 12.8 Å². The van der Waals surface area contributed by atoms with Gasteiger partial charge in [0.25, 0.3) is 0 Å². The zero-order chi connectivity index (χ0) is 15.8. The Morgan fingerprint density at radius 3 is 2.67 bits per heavy atom. The monoisotopic (exact) mass is 290 g/mol. The number of methoxy groups -OCH3 is 1. The quantitative estimate of drug-likeness (QED) is 0.907. The van der Waals surface area contributed by atoms with E-state index in [-0.39, 0.29) is 11.4 Å². The molecular weight excluding hydrogens is 268 g/mol. The van der Waals surface area contributed by atoms with E-state index < -0.39 is 6.04 Å². The number of ether oxygens (including phenoxy) is 1. The second-order valence-electron chi connectivity index (χ2n) is 6.11. The Kier molecular flexibility index (Phi) is 3.80. The first-order valence-electron chi connectivity index (χ1n) is 6.86. The van der Waals surface area contributed by atoms with Gasteiger partial charge in [-0.2, -0.15) is 0 Å². The zero-order valence-electron chi connectivity index (χ0n) is 13.1. The molecule has 114 valence electrons. The van der Waals surface area contributed by atoms with E-state index in [0.717, 1.165) is 11.0 Å². The van der Waals surface area contributed by atoms with Crippen LogP contribution in [0.3, 0.4) is 0 Å². The molecule has 3 N–H and O–H groups in total. The molecule has 0 aliphatic carbocycles. The van der Waals surface area contributed by atoms with Gasteiger partial charge in [-0.3, -0.25) is 9.36 Å². The van der Waals surface area contributed by atoms with Crippen molar-refractivity contribution < 1.29 is 9.53 Å². The number of rotatable bonds is 3. The minimum Gasteiger partial charge on any atom is -0.497 e. The first-order chi connectivity index (χ1) is 9.73. The van der Waals surface area contributed by atoms with E-state index in [0.29, 0.717) is 11.7 Å². The summed E-state index contributed by atoms with van der Waals surface area (Å²) in [7, 11) is 1.60. The number of carbonyl (C=O) groups is 1. The van der Waals surface area contributed by atoms with Crippen LogP contribution in [0.15, 0.2) is 18.2 Å². The summed E-state index contributed by atoms with van der Waals surface area (Å²) in [6.07, 6.45) is 0. The molecule has 1 aromatic heterocycles. The Morgan fingerprint density at radius 2 is 2.10 bits per heavy atom. The average Bonchev–Trinajstić information content (AvgIpc) is 2.70. The lowest BCUT2D eigenvalue weighted by Gasteiger charge is -2.24. The maximum Gasteiger partial charge on any atom is 0.243 e. The normalized spacial score (nSPS) is 13.2. The number of fused-ring (bicyclic) bond motifs is 1. The third-order valence-electron chi connectivity index (χ3n) is 3.19.